The van der Waals surface area contributed by atoms with Gasteiger partial charge in [-0.2, -0.15) is 0 Å². The fourth-order valence-electron chi connectivity index (χ4n) is 1.58. The number of hydrogen-bond donors (Lipinski definition) is 1. The molecule has 0 unspecified atom stereocenters. The molecule has 0 fully saturated rings. The fraction of sp³-hybridized carbons (Fsp3) is 0.143. The van der Waals surface area contributed by atoms with Gasteiger partial charge in [-0.25, -0.2) is 9.78 Å². The van der Waals surface area contributed by atoms with Crippen LogP contribution in [0.3, 0.4) is 0 Å². The number of carbonyl (C=O) groups is 1. The first-order chi connectivity index (χ1) is 10.2. The molecule has 0 saturated heterocycles. The predicted octanol–water partition coefficient (Wildman–Crippen LogP) is 2.26. The van der Waals surface area contributed by atoms with Crippen LogP contribution in [-0.4, -0.2) is 29.0 Å². The molecule has 0 bridgehead atoms. The Morgan fingerprint density at radius 2 is 2.00 bits per heavy atom. The highest BCUT2D eigenvalue weighted by Gasteiger charge is 2.06. The number of carbonyl (C=O) groups excluding carboxylic acids is 1. The van der Waals surface area contributed by atoms with E-state index in [1.165, 1.54) is 12.1 Å². The summed E-state index contributed by atoms with van der Waals surface area (Å²) in [6.07, 6.45) is 1.16. The molecule has 1 heterocycles. The molecule has 0 aliphatic rings. The van der Waals surface area contributed by atoms with Gasteiger partial charge in [-0.15, -0.1) is 0 Å². The standard InChI is InChI=1S/C14H13N3O4/c18-14(11-4-2-1-3-5-11)21-9-8-15-13-7-6-12(10-16-13)17(19)20/h1-7,10H,8-9H2,(H,15,16). The Morgan fingerprint density at radius 3 is 2.62 bits per heavy atom. The zero-order chi connectivity index (χ0) is 15.1. The van der Waals surface area contributed by atoms with Gasteiger partial charge in [0.2, 0.25) is 0 Å². The SMILES string of the molecule is O=C(OCCNc1ccc([N+](=O)[O-])cn1)c1ccccc1. The van der Waals surface area contributed by atoms with Gasteiger partial charge in [-0.1, -0.05) is 18.2 Å². The molecular weight excluding hydrogens is 274 g/mol. The molecule has 1 aromatic heterocycles. The number of nitrogens with one attached hydrogen (secondary N) is 1. The van der Waals surface area contributed by atoms with Gasteiger partial charge in [0.1, 0.15) is 18.6 Å². The second kappa shape index (κ2) is 6.99. The largest absolute Gasteiger partial charge is 0.460 e. The van der Waals surface area contributed by atoms with E-state index in [1.807, 2.05) is 6.07 Å². The zero-order valence-corrected chi connectivity index (χ0v) is 11.1. The molecule has 2 aromatic rings. The fourth-order valence-corrected chi connectivity index (χ4v) is 1.58. The van der Waals surface area contributed by atoms with E-state index in [0.29, 0.717) is 17.9 Å². The van der Waals surface area contributed by atoms with Crippen molar-refractivity contribution in [2.45, 2.75) is 0 Å². The molecule has 7 nitrogen and oxygen atoms in total. The van der Waals surface area contributed by atoms with E-state index >= 15 is 0 Å². The normalized spacial score (nSPS) is 9.90. The Labute approximate surface area is 120 Å². The average Bonchev–Trinajstić information content (AvgIpc) is 2.52. The molecule has 7 heteroatoms. The molecule has 0 amide bonds. The lowest BCUT2D eigenvalue weighted by Crippen LogP contribution is -2.14. The Kier molecular flexibility index (Phi) is 4.81. The lowest BCUT2D eigenvalue weighted by molar-refractivity contribution is -0.385. The van der Waals surface area contributed by atoms with Crippen molar-refractivity contribution in [3.63, 3.8) is 0 Å². The third-order valence-electron chi connectivity index (χ3n) is 2.61. The first kappa shape index (κ1) is 14.4. The van der Waals surface area contributed by atoms with Crippen molar-refractivity contribution >= 4 is 17.5 Å². The molecule has 21 heavy (non-hydrogen) atoms. The molecule has 108 valence electrons. The van der Waals surface area contributed by atoms with Crippen molar-refractivity contribution in [3.05, 3.63) is 64.3 Å². The van der Waals surface area contributed by atoms with Crippen LogP contribution in [0.25, 0.3) is 0 Å². The van der Waals surface area contributed by atoms with Crippen molar-refractivity contribution in [1.82, 2.24) is 4.98 Å². The number of anilines is 1. The van der Waals surface area contributed by atoms with E-state index in [0.717, 1.165) is 6.20 Å². The summed E-state index contributed by atoms with van der Waals surface area (Å²) in [4.78, 5) is 25.5. The second-order valence-corrected chi connectivity index (χ2v) is 4.09. The average molecular weight is 287 g/mol. The third-order valence-corrected chi connectivity index (χ3v) is 2.61. The lowest BCUT2D eigenvalue weighted by Gasteiger charge is -2.06. The van der Waals surface area contributed by atoms with E-state index in [4.69, 9.17) is 4.74 Å². The summed E-state index contributed by atoms with van der Waals surface area (Å²) in [7, 11) is 0. The van der Waals surface area contributed by atoms with Crippen LogP contribution >= 0.6 is 0 Å². The van der Waals surface area contributed by atoms with Crippen molar-refractivity contribution in [2.24, 2.45) is 0 Å². The molecule has 0 aliphatic carbocycles. The van der Waals surface area contributed by atoms with Gasteiger partial charge in [0.15, 0.2) is 0 Å². The Bertz CT molecular complexity index is 614. The van der Waals surface area contributed by atoms with Gasteiger partial charge in [-0.05, 0) is 18.2 Å². The third kappa shape index (κ3) is 4.27. The van der Waals surface area contributed by atoms with Crippen LogP contribution in [0.15, 0.2) is 48.7 Å². The van der Waals surface area contributed by atoms with Crippen molar-refractivity contribution in [1.29, 1.82) is 0 Å². The number of hydrogen-bond acceptors (Lipinski definition) is 6. The highest BCUT2D eigenvalue weighted by Crippen LogP contribution is 2.11. The first-order valence-corrected chi connectivity index (χ1v) is 6.23. The van der Waals surface area contributed by atoms with E-state index < -0.39 is 10.9 Å². The highest BCUT2D eigenvalue weighted by atomic mass is 16.6. The summed E-state index contributed by atoms with van der Waals surface area (Å²) in [5.74, 6) is 0.0884. The van der Waals surface area contributed by atoms with Gasteiger partial charge >= 0.3 is 5.97 Å². The maximum Gasteiger partial charge on any atom is 0.338 e. The Balaban J connectivity index is 1.75. The van der Waals surface area contributed by atoms with Crippen LogP contribution in [0.4, 0.5) is 11.5 Å². The monoisotopic (exact) mass is 287 g/mol. The summed E-state index contributed by atoms with van der Waals surface area (Å²) in [5.41, 5.74) is 0.419. The van der Waals surface area contributed by atoms with Crippen molar-refractivity contribution in [3.8, 4) is 0 Å². The van der Waals surface area contributed by atoms with E-state index in [1.54, 1.807) is 24.3 Å². The van der Waals surface area contributed by atoms with Crippen LogP contribution in [-0.2, 0) is 4.74 Å². The van der Waals surface area contributed by atoms with Gasteiger partial charge < -0.3 is 10.1 Å². The highest BCUT2D eigenvalue weighted by molar-refractivity contribution is 5.89. The number of benzene rings is 1. The van der Waals surface area contributed by atoms with Crippen molar-refractivity contribution in [2.75, 3.05) is 18.5 Å². The quantitative estimate of drug-likeness (QED) is 0.379. The van der Waals surface area contributed by atoms with Crippen LogP contribution in [0, 0.1) is 10.1 Å². The summed E-state index contributed by atoms with van der Waals surface area (Å²) in [6.45, 7) is 0.537. The Hall–Kier alpha value is -2.96. The lowest BCUT2D eigenvalue weighted by atomic mass is 10.2. The maximum absolute atomic E-state index is 11.6. The predicted molar refractivity (Wildman–Crippen MR) is 76.1 cm³/mol. The summed E-state index contributed by atoms with van der Waals surface area (Å²) >= 11 is 0. The minimum atomic E-state index is -0.515. The molecule has 2 rings (SSSR count). The molecule has 0 atom stereocenters. The summed E-state index contributed by atoms with van der Waals surface area (Å²) < 4.78 is 5.07. The van der Waals surface area contributed by atoms with E-state index in [-0.39, 0.29) is 12.3 Å². The molecule has 1 aromatic carbocycles. The number of ether oxygens (including phenoxy) is 1. The number of pyridine rings is 1. The minimum absolute atomic E-state index is 0.0731. The molecule has 0 aliphatic heterocycles. The molecular formula is C14H13N3O4. The van der Waals surface area contributed by atoms with Crippen LogP contribution in [0.5, 0.6) is 0 Å². The smallest absolute Gasteiger partial charge is 0.338 e. The van der Waals surface area contributed by atoms with Gasteiger partial charge in [0.25, 0.3) is 5.69 Å². The zero-order valence-electron chi connectivity index (χ0n) is 11.1. The van der Waals surface area contributed by atoms with Gasteiger partial charge in [0, 0.05) is 6.07 Å². The van der Waals surface area contributed by atoms with Gasteiger partial charge in [-0.3, -0.25) is 10.1 Å². The molecule has 0 saturated carbocycles. The number of nitrogens with zero attached hydrogens (tertiary/aromatic N) is 2. The topological polar surface area (TPSA) is 94.4 Å². The van der Waals surface area contributed by atoms with E-state index in [2.05, 4.69) is 10.3 Å². The summed E-state index contributed by atoms with van der Waals surface area (Å²) in [6, 6.07) is 11.5. The van der Waals surface area contributed by atoms with Crippen LogP contribution < -0.4 is 5.32 Å². The summed E-state index contributed by atoms with van der Waals surface area (Å²) in [5, 5.41) is 13.4. The van der Waals surface area contributed by atoms with Gasteiger partial charge in [0.05, 0.1) is 17.0 Å². The van der Waals surface area contributed by atoms with Crippen LogP contribution in [0.2, 0.25) is 0 Å². The number of nitro groups is 1. The first-order valence-electron chi connectivity index (χ1n) is 6.23. The van der Waals surface area contributed by atoms with Crippen LogP contribution in [0.1, 0.15) is 10.4 Å². The molecule has 1 N–H and O–H groups in total. The molecule has 0 spiro atoms. The molecule has 0 radical (unpaired) electrons. The number of esters is 1. The minimum Gasteiger partial charge on any atom is -0.460 e. The van der Waals surface area contributed by atoms with E-state index in [9.17, 15) is 14.9 Å². The van der Waals surface area contributed by atoms with Crippen molar-refractivity contribution < 1.29 is 14.5 Å². The number of rotatable bonds is 6. The number of aromatic nitrogens is 1. The maximum atomic E-state index is 11.6. The second-order valence-electron chi connectivity index (χ2n) is 4.09. The Morgan fingerprint density at radius 1 is 1.24 bits per heavy atom.